The van der Waals surface area contributed by atoms with E-state index in [1.54, 1.807) is 7.11 Å². The maximum atomic E-state index is 9.49. The summed E-state index contributed by atoms with van der Waals surface area (Å²) in [5.74, 6) is 1.94. The molecule has 0 heterocycles. The van der Waals surface area contributed by atoms with Crippen LogP contribution >= 0.6 is 15.9 Å². The van der Waals surface area contributed by atoms with E-state index in [0.29, 0.717) is 24.5 Å². The fourth-order valence-electron chi connectivity index (χ4n) is 3.19. The summed E-state index contributed by atoms with van der Waals surface area (Å²) in [7, 11) is 1.68. The van der Waals surface area contributed by atoms with Crippen LogP contribution in [-0.2, 0) is 0 Å². The minimum Gasteiger partial charge on any atom is -0.496 e. The molecule has 1 aliphatic carbocycles. The quantitative estimate of drug-likeness (QED) is 0.812. The normalized spacial score (nSPS) is 23.8. The lowest BCUT2D eigenvalue weighted by atomic mass is 9.79. The second kappa shape index (κ2) is 8.16. The van der Waals surface area contributed by atoms with E-state index in [1.165, 1.54) is 31.2 Å². The monoisotopic (exact) mass is 355 g/mol. The van der Waals surface area contributed by atoms with Crippen molar-refractivity contribution in [3.8, 4) is 5.75 Å². The average molecular weight is 356 g/mol. The van der Waals surface area contributed by atoms with Crippen LogP contribution in [0.5, 0.6) is 5.75 Å². The zero-order valence-corrected chi connectivity index (χ0v) is 14.5. The highest BCUT2D eigenvalue weighted by Gasteiger charge is 2.24. The van der Waals surface area contributed by atoms with Crippen molar-refractivity contribution < 1.29 is 9.84 Å². The Labute approximate surface area is 136 Å². The Morgan fingerprint density at radius 3 is 2.67 bits per heavy atom. The topological polar surface area (TPSA) is 41.5 Å². The van der Waals surface area contributed by atoms with E-state index in [1.807, 2.05) is 6.07 Å². The van der Waals surface area contributed by atoms with Crippen molar-refractivity contribution in [2.45, 2.75) is 38.6 Å². The smallest absolute Gasteiger partial charge is 0.133 e. The SMILES string of the molecule is COc1ccc(C(C)NCC2CCCCC2CO)cc1Br. The lowest BCUT2D eigenvalue weighted by molar-refractivity contribution is 0.131. The van der Waals surface area contributed by atoms with Crippen molar-refractivity contribution in [3.05, 3.63) is 28.2 Å². The van der Waals surface area contributed by atoms with Crippen molar-refractivity contribution in [3.63, 3.8) is 0 Å². The maximum absolute atomic E-state index is 9.49. The molecule has 1 aliphatic rings. The van der Waals surface area contributed by atoms with Crippen LogP contribution in [0.25, 0.3) is 0 Å². The molecule has 0 radical (unpaired) electrons. The number of aliphatic hydroxyl groups is 1. The molecule has 1 fully saturated rings. The Hall–Kier alpha value is -0.580. The van der Waals surface area contributed by atoms with Crippen LogP contribution in [0.2, 0.25) is 0 Å². The van der Waals surface area contributed by atoms with E-state index in [9.17, 15) is 5.11 Å². The molecule has 2 rings (SSSR count). The standard InChI is InChI=1S/C17H26BrNO2/c1-12(13-7-8-17(21-2)16(18)9-13)19-10-14-5-3-4-6-15(14)11-20/h7-9,12,14-15,19-20H,3-6,10-11H2,1-2H3. The predicted molar refractivity (Wildman–Crippen MR) is 89.6 cm³/mol. The summed E-state index contributed by atoms with van der Waals surface area (Å²) in [6.07, 6.45) is 4.97. The third-order valence-corrected chi connectivity index (χ3v) is 5.28. The highest BCUT2D eigenvalue weighted by atomic mass is 79.9. The van der Waals surface area contributed by atoms with Gasteiger partial charge in [-0.15, -0.1) is 0 Å². The van der Waals surface area contributed by atoms with Crippen molar-refractivity contribution in [1.29, 1.82) is 0 Å². The van der Waals surface area contributed by atoms with Crippen LogP contribution in [0.15, 0.2) is 22.7 Å². The van der Waals surface area contributed by atoms with Crippen LogP contribution in [0.4, 0.5) is 0 Å². The summed E-state index contributed by atoms with van der Waals surface area (Å²) in [4.78, 5) is 0. The largest absolute Gasteiger partial charge is 0.496 e. The number of hydrogen-bond donors (Lipinski definition) is 2. The molecule has 0 bridgehead atoms. The number of hydrogen-bond acceptors (Lipinski definition) is 3. The number of rotatable bonds is 6. The molecule has 0 saturated heterocycles. The molecule has 118 valence electrons. The molecule has 1 aromatic rings. The second-order valence-electron chi connectivity index (χ2n) is 6.01. The zero-order chi connectivity index (χ0) is 15.2. The van der Waals surface area contributed by atoms with E-state index in [4.69, 9.17) is 4.74 Å². The Morgan fingerprint density at radius 2 is 2.05 bits per heavy atom. The van der Waals surface area contributed by atoms with Crippen LogP contribution in [-0.4, -0.2) is 25.4 Å². The van der Waals surface area contributed by atoms with Crippen molar-refractivity contribution in [2.75, 3.05) is 20.3 Å². The van der Waals surface area contributed by atoms with E-state index in [-0.39, 0.29) is 0 Å². The first-order valence-corrected chi connectivity index (χ1v) is 8.62. The van der Waals surface area contributed by atoms with Crippen molar-refractivity contribution in [2.24, 2.45) is 11.8 Å². The maximum Gasteiger partial charge on any atom is 0.133 e. The molecule has 4 heteroatoms. The molecule has 21 heavy (non-hydrogen) atoms. The molecular formula is C17H26BrNO2. The Kier molecular flexibility index (Phi) is 6.52. The minimum absolute atomic E-state index is 0.300. The van der Waals surface area contributed by atoms with Gasteiger partial charge in [0.15, 0.2) is 0 Å². The third-order valence-electron chi connectivity index (χ3n) is 4.66. The van der Waals surface area contributed by atoms with E-state index >= 15 is 0 Å². The first kappa shape index (κ1) is 16.8. The van der Waals surface area contributed by atoms with Gasteiger partial charge in [-0.05, 0) is 71.8 Å². The fourth-order valence-corrected chi connectivity index (χ4v) is 3.75. The summed E-state index contributed by atoms with van der Waals surface area (Å²) < 4.78 is 6.26. The van der Waals surface area contributed by atoms with Gasteiger partial charge < -0.3 is 15.2 Å². The van der Waals surface area contributed by atoms with Gasteiger partial charge in [0.05, 0.1) is 11.6 Å². The summed E-state index contributed by atoms with van der Waals surface area (Å²) >= 11 is 3.54. The number of benzene rings is 1. The molecule has 3 atom stereocenters. The second-order valence-corrected chi connectivity index (χ2v) is 6.87. The number of aliphatic hydroxyl groups excluding tert-OH is 1. The lowest BCUT2D eigenvalue weighted by Gasteiger charge is -2.31. The highest BCUT2D eigenvalue weighted by molar-refractivity contribution is 9.10. The minimum atomic E-state index is 0.300. The first-order chi connectivity index (χ1) is 10.2. The summed E-state index contributed by atoms with van der Waals surface area (Å²) in [6, 6.07) is 6.51. The molecule has 1 aromatic carbocycles. The Bertz CT molecular complexity index is 452. The first-order valence-electron chi connectivity index (χ1n) is 7.83. The zero-order valence-electron chi connectivity index (χ0n) is 12.9. The molecule has 3 unspecified atom stereocenters. The van der Waals surface area contributed by atoms with Gasteiger partial charge in [0.25, 0.3) is 0 Å². The molecule has 0 spiro atoms. The highest BCUT2D eigenvalue weighted by Crippen LogP contribution is 2.31. The molecule has 3 nitrogen and oxygen atoms in total. The molecule has 0 aliphatic heterocycles. The average Bonchev–Trinajstić information content (AvgIpc) is 2.52. The number of nitrogens with one attached hydrogen (secondary N) is 1. The van der Waals surface area contributed by atoms with Crippen molar-refractivity contribution >= 4 is 15.9 Å². The van der Waals surface area contributed by atoms with Gasteiger partial charge in [-0.1, -0.05) is 18.9 Å². The van der Waals surface area contributed by atoms with E-state index in [0.717, 1.165) is 16.8 Å². The van der Waals surface area contributed by atoms with Gasteiger partial charge in [-0.2, -0.15) is 0 Å². The number of halogens is 1. The van der Waals surface area contributed by atoms with Crippen LogP contribution < -0.4 is 10.1 Å². The summed E-state index contributed by atoms with van der Waals surface area (Å²) in [5.41, 5.74) is 1.25. The van der Waals surface area contributed by atoms with Gasteiger partial charge in [0, 0.05) is 12.6 Å². The molecular weight excluding hydrogens is 330 g/mol. The molecule has 0 amide bonds. The van der Waals surface area contributed by atoms with Gasteiger partial charge in [0.1, 0.15) is 5.75 Å². The van der Waals surface area contributed by atoms with Crippen LogP contribution in [0, 0.1) is 11.8 Å². The van der Waals surface area contributed by atoms with Crippen LogP contribution in [0.3, 0.4) is 0 Å². The molecule has 0 aromatic heterocycles. The fraction of sp³-hybridized carbons (Fsp3) is 0.647. The number of ether oxygens (including phenoxy) is 1. The van der Waals surface area contributed by atoms with E-state index < -0.39 is 0 Å². The molecule has 1 saturated carbocycles. The van der Waals surface area contributed by atoms with Gasteiger partial charge in [-0.3, -0.25) is 0 Å². The van der Waals surface area contributed by atoms with E-state index in [2.05, 4.69) is 40.3 Å². The lowest BCUT2D eigenvalue weighted by Crippen LogP contribution is -2.33. The van der Waals surface area contributed by atoms with Gasteiger partial charge in [-0.25, -0.2) is 0 Å². The predicted octanol–water partition coefficient (Wildman–Crippen LogP) is 3.91. The summed E-state index contributed by atoms with van der Waals surface area (Å²) in [5, 5.41) is 13.1. The Balaban J connectivity index is 1.91. The third kappa shape index (κ3) is 4.44. The molecule has 2 N–H and O–H groups in total. The van der Waals surface area contributed by atoms with Crippen molar-refractivity contribution in [1.82, 2.24) is 5.32 Å². The number of methoxy groups -OCH3 is 1. The van der Waals surface area contributed by atoms with Crippen LogP contribution in [0.1, 0.15) is 44.2 Å². The van der Waals surface area contributed by atoms with Gasteiger partial charge >= 0.3 is 0 Å². The Morgan fingerprint density at radius 1 is 1.33 bits per heavy atom. The van der Waals surface area contributed by atoms with Gasteiger partial charge in [0.2, 0.25) is 0 Å². The summed E-state index contributed by atoms with van der Waals surface area (Å²) in [6.45, 7) is 3.50.